The molecule has 2 rings (SSSR count). The van der Waals surface area contributed by atoms with Crippen molar-refractivity contribution in [2.24, 2.45) is 5.92 Å². The van der Waals surface area contributed by atoms with Gasteiger partial charge in [-0.3, -0.25) is 8.98 Å². The Morgan fingerprint density at radius 2 is 1.29 bits per heavy atom. The van der Waals surface area contributed by atoms with Gasteiger partial charge < -0.3 is 29.4 Å². The lowest BCUT2D eigenvalue weighted by Gasteiger charge is -2.29. The molecule has 0 heterocycles. The van der Waals surface area contributed by atoms with Crippen LogP contribution in [0.1, 0.15) is 79.9 Å². The molecule has 0 aliphatic rings. The summed E-state index contributed by atoms with van der Waals surface area (Å²) in [6.45, 7) is 16.2. The van der Waals surface area contributed by atoms with E-state index < -0.39 is 76.2 Å². The molecule has 3 atom stereocenters. The van der Waals surface area contributed by atoms with Crippen molar-refractivity contribution in [1.29, 1.82) is 0 Å². The van der Waals surface area contributed by atoms with Crippen molar-refractivity contribution in [2.45, 2.75) is 116 Å². The Labute approximate surface area is 284 Å². The highest BCUT2D eigenvalue weighted by Gasteiger charge is 2.35. The van der Waals surface area contributed by atoms with Crippen LogP contribution in [0.5, 0.6) is 5.75 Å². The predicted molar refractivity (Wildman–Crippen MR) is 179 cm³/mol. The standard InChI is InChI=1S/C35H51NO11S/c1-23-11-17-28(18-12-23)48(41,42)43-22-27(21-37)44-26-15-13-24(14-16-26)19-25(30(38)45-33(2,3)4)20-29(31(39)46-34(5,6)7)36-32(40)47-35(8,9)10/h11-18,25,27,29,37H,19-22H2,1-10H3,(H,36,40)/t25?,27?,29-/m0/s1. The largest absolute Gasteiger partial charge is 0.486 e. The van der Waals surface area contributed by atoms with Crippen molar-refractivity contribution >= 4 is 28.1 Å². The molecule has 0 radical (unpaired) electrons. The van der Waals surface area contributed by atoms with Gasteiger partial charge in [0.1, 0.15) is 41.3 Å². The van der Waals surface area contributed by atoms with Gasteiger partial charge >= 0.3 is 18.0 Å². The number of benzene rings is 2. The summed E-state index contributed by atoms with van der Waals surface area (Å²) in [5.74, 6) is -1.86. The van der Waals surface area contributed by atoms with Crippen molar-refractivity contribution in [1.82, 2.24) is 5.32 Å². The third-order valence-electron chi connectivity index (χ3n) is 6.27. The van der Waals surface area contributed by atoms with Crippen LogP contribution >= 0.6 is 0 Å². The van der Waals surface area contributed by atoms with Crippen LogP contribution in [0.2, 0.25) is 0 Å². The topological polar surface area (TPSA) is 164 Å². The summed E-state index contributed by atoms with van der Waals surface area (Å²) in [7, 11) is -4.06. The van der Waals surface area contributed by atoms with E-state index in [4.69, 9.17) is 23.1 Å². The van der Waals surface area contributed by atoms with E-state index >= 15 is 0 Å². The molecule has 0 bridgehead atoms. The van der Waals surface area contributed by atoms with Crippen LogP contribution in [-0.4, -0.2) is 73.7 Å². The minimum absolute atomic E-state index is 0.0103. The number of ether oxygens (including phenoxy) is 4. The zero-order chi connectivity index (χ0) is 36.5. The molecule has 2 unspecified atom stereocenters. The Kier molecular flexibility index (Phi) is 14.0. The van der Waals surface area contributed by atoms with E-state index in [0.29, 0.717) is 11.3 Å². The van der Waals surface area contributed by atoms with Gasteiger partial charge in [0, 0.05) is 0 Å². The van der Waals surface area contributed by atoms with Crippen LogP contribution < -0.4 is 10.1 Å². The van der Waals surface area contributed by atoms with E-state index in [9.17, 15) is 27.9 Å². The number of amides is 1. The van der Waals surface area contributed by atoms with Crippen molar-refractivity contribution in [3.63, 3.8) is 0 Å². The molecule has 48 heavy (non-hydrogen) atoms. The van der Waals surface area contributed by atoms with Crippen LogP contribution in [0.25, 0.3) is 0 Å². The first kappa shape index (κ1) is 40.5. The molecule has 0 aromatic heterocycles. The summed E-state index contributed by atoms with van der Waals surface area (Å²) in [4.78, 5) is 39.3. The zero-order valence-electron chi connectivity index (χ0n) is 29.6. The summed E-state index contributed by atoms with van der Waals surface area (Å²) >= 11 is 0. The second-order valence-corrected chi connectivity index (χ2v) is 16.1. The monoisotopic (exact) mass is 693 g/mol. The number of carbonyl (C=O) groups is 3. The van der Waals surface area contributed by atoms with Gasteiger partial charge in [0.25, 0.3) is 10.1 Å². The average Bonchev–Trinajstić information content (AvgIpc) is 2.92. The molecule has 0 fully saturated rings. The summed E-state index contributed by atoms with van der Waals surface area (Å²) < 4.78 is 52.6. The Balaban J connectivity index is 2.23. The number of rotatable bonds is 14. The Morgan fingerprint density at radius 1 is 0.771 bits per heavy atom. The third kappa shape index (κ3) is 15.0. The Bertz CT molecular complexity index is 1470. The smallest absolute Gasteiger partial charge is 0.408 e. The maximum absolute atomic E-state index is 13.4. The molecule has 0 spiro atoms. The third-order valence-corrected chi connectivity index (χ3v) is 7.57. The Morgan fingerprint density at radius 3 is 1.79 bits per heavy atom. The van der Waals surface area contributed by atoms with E-state index in [-0.39, 0.29) is 17.7 Å². The number of aliphatic hydroxyl groups is 1. The molecule has 0 saturated heterocycles. The van der Waals surface area contributed by atoms with Crippen LogP contribution in [0, 0.1) is 12.8 Å². The maximum Gasteiger partial charge on any atom is 0.408 e. The molecule has 0 saturated carbocycles. The van der Waals surface area contributed by atoms with Gasteiger partial charge in [0.2, 0.25) is 0 Å². The second kappa shape index (κ2) is 16.6. The molecular formula is C35H51NO11S. The van der Waals surface area contributed by atoms with E-state index in [1.807, 2.05) is 6.92 Å². The first-order valence-corrected chi connectivity index (χ1v) is 17.1. The highest BCUT2D eigenvalue weighted by molar-refractivity contribution is 7.86. The average molecular weight is 694 g/mol. The lowest BCUT2D eigenvalue weighted by molar-refractivity contribution is -0.162. The first-order valence-electron chi connectivity index (χ1n) is 15.7. The number of hydrogen-bond donors (Lipinski definition) is 2. The second-order valence-electron chi connectivity index (χ2n) is 14.5. The Hall–Kier alpha value is -3.68. The molecule has 12 nitrogen and oxygen atoms in total. The number of alkyl carbamates (subject to hydrolysis) is 1. The van der Waals surface area contributed by atoms with Crippen LogP contribution in [0.15, 0.2) is 53.4 Å². The van der Waals surface area contributed by atoms with Crippen molar-refractivity contribution in [2.75, 3.05) is 13.2 Å². The lowest BCUT2D eigenvalue weighted by Crippen LogP contribution is -2.48. The van der Waals surface area contributed by atoms with Crippen LogP contribution in [-0.2, 0) is 44.5 Å². The van der Waals surface area contributed by atoms with Gasteiger partial charge in [0.15, 0.2) is 0 Å². The van der Waals surface area contributed by atoms with Gasteiger partial charge in [-0.25, -0.2) is 9.59 Å². The summed E-state index contributed by atoms with van der Waals surface area (Å²) in [6, 6.07) is 11.5. The molecule has 0 aliphatic carbocycles. The SMILES string of the molecule is Cc1ccc(S(=O)(=O)OCC(CO)Oc2ccc(CC(C[C@H](NC(=O)OC(C)(C)C)C(=O)OC(C)(C)C)C(=O)OC(C)(C)C)cc2)cc1. The fourth-order valence-electron chi connectivity index (χ4n) is 4.21. The molecule has 2 aromatic carbocycles. The normalized spacial score (nSPS) is 14.3. The minimum atomic E-state index is -4.06. The quantitative estimate of drug-likeness (QED) is 0.151. The summed E-state index contributed by atoms with van der Waals surface area (Å²) in [5.41, 5.74) is -0.928. The van der Waals surface area contributed by atoms with E-state index in [1.165, 1.54) is 12.1 Å². The molecular weight excluding hydrogens is 642 g/mol. The highest BCUT2D eigenvalue weighted by Crippen LogP contribution is 2.24. The van der Waals surface area contributed by atoms with Gasteiger partial charge in [0.05, 0.1) is 17.4 Å². The number of hydrogen-bond acceptors (Lipinski definition) is 11. The number of aliphatic hydroxyl groups excluding tert-OH is 1. The number of nitrogens with one attached hydrogen (secondary N) is 1. The fraction of sp³-hybridized carbons (Fsp3) is 0.571. The lowest BCUT2D eigenvalue weighted by atomic mass is 9.92. The van der Waals surface area contributed by atoms with Gasteiger partial charge in [-0.2, -0.15) is 8.42 Å². The van der Waals surface area contributed by atoms with Crippen LogP contribution in [0.4, 0.5) is 4.79 Å². The molecule has 268 valence electrons. The van der Waals surface area contributed by atoms with E-state index in [2.05, 4.69) is 5.32 Å². The summed E-state index contributed by atoms with van der Waals surface area (Å²) in [6.07, 6.45) is -1.83. The summed E-state index contributed by atoms with van der Waals surface area (Å²) in [5, 5.41) is 12.4. The fourth-order valence-corrected chi connectivity index (χ4v) is 5.15. The first-order chi connectivity index (χ1) is 22.0. The molecule has 2 N–H and O–H groups in total. The number of esters is 2. The van der Waals surface area contributed by atoms with Crippen molar-refractivity contribution in [3.8, 4) is 5.75 Å². The minimum Gasteiger partial charge on any atom is -0.486 e. The zero-order valence-corrected chi connectivity index (χ0v) is 30.4. The van der Waals surface area contributed by atoms with Gasteiger partial charge in [-0.05, 0) is 112 Å². The van der Waals surface area contributed by atoms with Crippen LogP contribution in [0.3, 0.4) is 0 Å². The number of carbonyl (C=O) groups excluding carboxylic acids is 3. The van der Waals surface area contributed by atoms with Crippen molar-refractivity contribution in [3.05, 3.63) is 59.7 Å². The maximum atomic E-state index is 13.4. The van der Waals surface area contributed by atoms with E-state index in [0.717, 1.165) is 5.56 Å². The predicted octanol–water partition coefficient (Wildman–Crippen LogP) is 5.27. The van der Waals surface area contributed by atoms with Gasteiger partial charge in [-0.15, -0.1) is 0 Å². The van der Waals surface area contributed by atoms with Crippen molar-refractivity contribution < 1.29 is 51.0 Å². The molecule has 2 aromatic rings. The van der Waals surface area contributed by atoms with Gasteiger partial charge in [-0.1, -0.05) is 29.8 Å². The molecule has 0 aliphatic heterocycles. The highest BCUT2D eigenvalue weighted by atomic mass is 32.2. The number of aryl methyl sites for hydroxylation is 1. The molecule has 1 amide bonds. The molecule has 13 heteroatoms. The van der Waals surface area contributed by atoms with E-state index in [1.54, 1.807) is 98.7 Å².